The number of amides is 1. The van der Waals surface area contributed by atoms with Crippen molar-refractivity contribution >= 4 is 39.0 Å². The van der Waals surface area contributed by atoms with Crippen LogP contribution < -0.4 is 19.3 Å². The summed E-state index contributed by atoms with van der Waals surface area (Å²) < 4.78 is 17.2. The molecule has 0 aliphatic carbocycles. The molecule has 214 valence electrons. The van der Waals surface area contributed by atoms with E-state index < -0.39 is 0 Å². The number of fused-ring (bicyclic) bond motifs is 2. The van der Waals surface area contributed by atoms with Crippen LogP contribution in [0.15, 0.2) is 60.7 Å². The van der Waals surface area contributed by atoms with E-state index in [0.29, 0.717) is 17.4 Å². The van der Waals surface area contributed by atoms with Crippen LogP contribution in [-0.2, 0) is 17.6 Å². The van der Waals surface area contributed by atoms with Crippen molar-refractivity contribution in [2.45, 2.75) is 32.1 Å². The van der Waals surface area contributed by atoms with Crippen molar-refractivity contribution < 1.29 is 14.3 Å². The summed E-state index contributed by atoms with van der Waals surface area (Å²) in [6.45, 7) is 7.93. The van der Waals surface area contributed by atoms with Crippen LogP contribution in [0.2, 0.25) is 0 Å². The lowest BCUT2D eigenvalue weighted by Crippen LogP contribution is -2.47. The lowest BCUT2D eigenvalue weighted by atomic mass is 9.88. The fourth-order valence-electron chi connectivity index (χ4n) is 6.29. The van der Waals surface area contributed by atoms with E-state index in [2.05, 4.69) is 59.2 Å². The fraction of sp³-hybridized carbons (Fsp3) is 0.394. The van der Waals surface area contributed by atoms with Crippen LogP contribution in [0.5, 0.6) is 11.5 Å². The van der Waals surface area contributed by atoms with Gasteiger partial charge in [-0.15, -0.1) is 0 Å². The van der Waals surface area contributed by atoms with Crippen molar-refractivity contribution in [2.75, 3.05) is 63.3 Å². The van der Waals surface area contributed by atoms with Crippen molar-refractivity contribution in [1.82, 2.24) is 9.27 Å². The number of para-hydroxylation sites is 1. The summed E-state index contributed by atoms with van der Waals surface area (Å²) in [6.07, 6.45) is 2.11. The van der Waals surface area contributed by atoms with Crippen LogP contribution in [0.25, 0.3) is 10.1 Å². The summed E-state index contributed by atoms with van der Waals surface area (Å²) >= 11 is 1.58. The summed E-state index contributed by atoms with van der Waals surface area (Å²) in [4.78, 5) is 20.9. The number of benzene rings is 3. The molecule has 1 fully saturated rings. The Labute approximate surface area is 246 Å². The van der Waals surface area contributed by atoms with Gasteiger partial charge in [0.25, 0.3) is 0 Å². The highest BCUT2D eigenvalue weighted by atomic mass is 32.1. The molecule has 1 unspecified atom stereocenters. The summed E-state index contributed by atoms with van der Waals surface area (Å²) in [6, 6.07) is 20.7. The smallest absolute Gasteiger partial charge is 0.231 e. The average Bonchev–Trinajstić information content (AvgIpc) is 3.45. The second kappa shape index (κ2) is 12.1. The van der Waals surface area contributed by atoms with Crippen LogP contribution in [0.3, 0.4) is 0 Å². The van der Waals surface area contributed by atoms with Gasteiger partial charge >= 0.3 is 0 Å². The number of ether oxygens (including phenoxy) is 2. The van der Waals surface area contributed by atoms with Crippen LogP contribution in [-0.4, -0.2) is 68.7 Å². The van der Waals surface area contributed by atoms with E-state index in [1.54, 1.807) is 25.8 Å². The molecule has 4 aromatic rings. The molecular formula is C33H38N4O3S. The van der Waals surface area contributed by atoms with Crippen LogP contribution in [0.4, 0.5) is 11.5 Å². The average molecular weight is 571 g/mol. The zero-order chi connectivity index (χ0) is 28.3. The van der Waals surface area contributed by atoms with E-state index in [1.165, 1.54) is 21.2 Å². The van der Waals surface area contributed by atoms with E-state index in [1.807, 2.05) is 23.1 Å². The van der Waals surface area contributed by atoms with Crippen molar-refractivity contribution in [2.24, 2.45) is 0 Å². The highest BCUT2D eigenvalue weighted by Gasteiger charge is 2.30. The van der Waals surface area contributed by atoms with Gasteiger partial charge in [-0.05, 0) is 65.7 Å². The Hall–Kier alpha value is -3.62. The minimum atomic E-state index is 0.0810. The number of anilines is 2. The first-order valence-corrected chi connectivity index (χ1v) is 15.3. The van der Waals surface area contributed by atoms with Crippen LogP contribution in [0.1, 0.15) is 36.0 Å². The topological polar surface area (TPSA) is 58.1 Å². The Balaban J connectivity index is 1.16. The molecule has 0 bridgehead atoms. The highest BCUT2D eigenvalue weighted by Crippen LogP contribution is 2.39. The molecule has 0 saturated carbocycles. The van der Waals surface area contributed by atoms with Gasteiger partial charge in [0, 0.05) is 50.2 Å². The maximum Gasteiger partial charge on any atom is 0.231 e. The zero-order valence-electron chi connectivity index (χ0n) is 24.1. The quantitative estimate of drug-likeness (QED) is 0.269. The van der Waals surface area contributed by atoms with Crippen molar-refractivity contribution in [3.63, 3.8) is 0 Å². The van der Waals surface area contributed by atoms with E-state index in [4.69, 9.17) is 13.8 Å². The van der Waals surface area contributed by atoms with Gasteiger partial charge in [0.05, 0.1) is 31.0 Å². The van der Waals surface area contributed by atoms with Gasteiger partial charge in [0.1, 0.15) is 17.3 Å². The summed E-state index contributed by atoms with van der Waals surface area (Å²) in [7, 11) is 3.27. The Morgan fingerprint density at radius 3 is 2.41 bits per heavy atom. The molecule has 2 aliphatic rings. The van der Waals surface area contributed by atoms with Gasteiger partial charge in [-0.2, -0.15) is 4.37 Å². The minimum Gasteiger partial charge on any atom is -0.496 e. The molecule has 1 saturated heterocycles. The number of aromatic nitrogens is 1. The Kier molecular flexibility index (Phi) is 8.12. The number of hydrogen-bond donors (Lipinski definition) is 0. The van der Waals surface area contributed by atoms with E-state index in [-0.39, 0.29) is 12.3 Å². The molecule has 1 atom stereocenters. The monoisotopic (exact) mass is 570 g/mol. The van der Waals surface area contributed by atoms with Crippen LogP contribution in [0, 0.1) is 0 Å². The van der Waals surface area contributed by atoms with Crippen molar-refractivity contribution in [3.8, 4) is 11.5 Å². The zero-order valence-corrected chi connectivity index (χ0v) is 25.0. The van der Waals surface area contributed by atoms with Crippen LogP contribution >= 0.6 is 11.5 Å². The standard InChI is InChI=1S/C33H38N4O3S/c1-23-14-17-37(31(38)22-27-28(39-2)11-7-12-29(27)40-3)32-24(8-6-10-25(23)32)15-16-35-18-20-36(21-19-35)33-26-9-4-5-13-30(26)41-34-33/h4-13,23H,14-22H2,1-3H3. The normalized spacial score (nSPS) is 17.5. The van der Waals surface area contributed by atoms with E-state index in [0.717, 1.165) is 69.2 Å². The predicted octanol–water partition coefficient (Wildman–Crippen LogP) is 5.76. The molecule has 0 N–H and O–H groups in total. The van der Waals surface area contributed by atoms with Gasteiger partial charge in [-0.1, -0.05) is 43.3 Å². The summed E-state index contributed by atoms with van der Waals surface area (Å²) in [5.41, 5.74) is 4.43. The number of methoxy groups -OCH3 is 2. The molecule has 7 nitrogen and oxygen atoms in total. The fourth-order valence-corrected chi connectivity index (χ4v) is 7.09. The highest BCUT2D eigenvalue weighted by molar-refractivity contribution is 7.13. The number of carbonyl (C=O) groups is 1. The first-order valence-electron chi connectivity index (χ1n) is 14.5. The summed E-state index contributed by atoms with van der Waals surface area (Å²) in [5, 5.41) is 1.26. The molecule has 0 spiro atoms. The summed E-state index contributed by atoms with van der Waals surface area (Å²) in [5.74, 6) is 2.99. The molecule has 1 amide bonds. The molecular weight excluding hydrogens is 532 g/mol. The third-order valence-corrected chi connectivity index (χ3v) is 9.44. The maximum atomic E-state index is 13.9. The van der Waals surface area contributed by atoms with Gasteiger partial charge in [0.15, 0.2) is 0 Å². The van der Waals surface area contributed by atoms with Gasteiger partial charge in [0.2, 0.25) is 5.91 Å². The van der Waals surface area contributed by atoms with Crippen molar-refractivity contribution in [1.29, 1.82) is 0 Å². The Morgan fingerprint density at radius 2 is 1.66 bits per heavy atom. The lowest BCUT2D eigenvalue weighted by Gasteiger charge is -2.37. The molecule has 6 rings (SSSR count). The molecule has 3 aromatic carbocycles. The molecule has 0 radical (unpaired) electrons. The number of hydrogen-bond acceptors (Lipinski definition) is 7. The largest absolute Gasteiger partial charge is 0.496 e. The minimum absolute atomic E-state index is 0.0810. The number of piperazine rings is 1. The second-order valence-electron chi connectivity index (χ2n) is 11.0. The second-order valence-corrected chi connectivity index (χ2v) is 11.8. The molecule has 41 heavy (non-hydrogen) atoms. The first-order chi connectivity index (χ1) is 20.1. The van der Waals surface area contributed by atoms with Crippen molar-refractivity contribution in [3.05, 3.63) is 77.4 Å². The Bertz CT molecular complexity index is 1510. The third-order valence-electron chi connectivity index (χ3n) is 8.62. The molecule has 1 aromatic heterocycles. The SMILES string of the molecule is COc1cccc(OC)c1CC(=O)N1CCC(C)c2cccc(CCN3CCN(c4nsc5ccccc45)CC3)c21. The number of carbonyl (C=O) groups excluding carboxylic acids is 1. The number of rotatable bonds is 8. The molecule has 2 aliphatic heterocycles. The number of nitrogens with zero attached hydrogens (tertiary/aromatic N) is 4. The van der Waals surface area contributed by atoms with E-state index >= 15 is 0 Å². The predicted molar refractivity (Wildman–Crippen MR) is 167 cm³/mol. The first kappa shape index (κ1) is 27.5. The third kappa shape index (κ3) is 5.51. The van der Waals surface area contributed by atoms with Gasteiger partial charge < -0.3 is 19.3 Å². The van der Waals surface area contributed by atoms with Gasteiger partial charge in [-0.25, -0.2) is 0 Å². The molecule has 8 heteroatoms. The lowest BCUT2D eigenvalue weighted by molar-refractivity contribution is -0.118. The Morgan fingerprint density at radius 1 is 0.927 bits per heavy atom. The molecule has 3 heterocycles. The van der Waals surface area contributed by atoms with Gasteiger partial charge in [-0.3, -0.25) is 9.69 Å². The van der Waals surface area contributed by atoms with E-state index in [9.17, 15) is 4.79 Å². The maximum absolute atomic E-state index is 13.9.